The lowest BCUT2D eigenvalue weighted by molar-refractivity contribution is -0.114. The van der Waals surface area contributed by atoms with E-state index in [1.54, 1.807) is 12.1 Å². The molecule has 110 valence electrons. The van der Waals surface area contributed by atoms with E-state index in [1.165, 1.54) is 13.0 Å². The fourth-order valence-electron chi connectivity index (χ4n) is 2.01. The van der Waals surface area contributed by atoms with E-state index in [1.807, 2.05) is 31.2 Å². The van der Waals surface area contributed by atoms with Gasteiger partial charge >= 0.3 is 0 Å². The van der Waals surface area contributed by atoms with Crippen molar-refractivity contribution in [3.05, 3.63) is 58.9 Å². The van der Waals surface area contributed by atoms with Gasteiger partial charge in [0.05, 0.1) is 5.02 Å². The van der Waals surface area contributed by atoms with Gasteiger partial charge in [-0.3, -0.25) is 4.79 Å². The van der Waals surface area contributed by atoms with Crippen LogP contribution in [0.3, 0.4) is 0 Å². The summed E-state index contributed by atoms with van der Waals surface area (Å²) in [4.78, 5) is 11.1. The minimum atomic E-state index is -0.430. The normalized spacial score (nSPS) is 11.8. The van der Waals surface area contributed by atoms with E-state index in [9.17, 15) is 9.18 Å². The molecule has 0 spiro atoms. The smallest absolute Gasteiger partial charge is 0.221 e. The largest absolute Gasteiger partial charge is 0.378 e. The third-order valence-electron chi connectivity index (χ3n) is 3.01. The van der Waals surface area contributed by atoms with Crippen LogP contribution in [-0.4, -0.2) is 5.91 Å². The Morgan fingerprint density at radius 2 is 1.90 bits per heavy atom. The van der Waals surface area contributed by atoms with Crippen LogP contribution in [0.5, 0.6) is 0 Å². The van der Waals surface area contributed by atoms with Gasteiger partial charge in [0.2, 0.25) is 5.91 Å². The van der Waals surface area contributed by atoms with E-state index < -0.39 is 5.82 Å². The Morgan fingerprint density at radius 1 is 1.19 bits per heavy atom. The Balaban J connectivity index is 2.13. The zero-order chi connectivity index (χ0) is 15.4. The summed E-state index contributed by atoms with van der Waals surface area (Å²) in [6.45, 7) is 3.41. The number of benzene rings is 2. The summed E-state index contributed by atoms with van der Waals surface area (Å²) in [5.41, 5.74) is 2.46. The summed E-state index contributed by atoms with van der Waals surface area (Å²) < 4.78 is 13.2. The lowest BCUT2D eigenvalue weighted by Gasteiger charge is -2.17. The van der Waals surface area contributed by atoms with Crippen LogP contribution in [-0.2, 0) is 4.79 Å². The zero-order valence-corrected chi connectivity index (χ0v) is 12.5. The molecule has 3 nitrogen and oxygen atoms in total. The Labute approximate surface area is 128 Å². The van der Waals surface area contributed by atoms with E-state index >= 15 is 0 Å². The van der Waals surface area contributed by atoms with Gasteiger partial charge in [0.15, 0.2) is 0 Å². The molecule has 0 radical (unpaired) electrons. The Morgan fingerprint density at radius 3 is 2.57 bits per heavy atom. The van der Waals surface area contributed by atoms with Crippen LogP contribution >= 0.6 is 11.6 Å². The molecule has 0 aliphatic rings. The molecule has 1 atom stereocenters. The molecule has 1 unspecified atom stereocenters. The highest BCUT2D eigenvalue weighted by molar-refractivity contribution is 6.30. The summed E-state index contributed by atoms with van der Waals surface area (Å²) in [7, 11) is 0. The monoisotopic (exact) mass is 306 g/mol. The summed E-state index contributed by atoms with van der Waals surface area (Å²) in [6.07, 6.45) is 0. The Kier molecular flexibility index (Phi) is 4.81. The number of nitrogens with one attached hydrogen (secondary N) is 2. The molecule has 1 amide bonds. The van der Waals surface area contributed by atoms with E-state index in [2.05, 4.69) is 10.6 Å². The van der Waals surface area contributed by atoms with Crippen LogP contribution < -0.4 is 10.6 Å². The van der Waals surface area contributed by atoms with Crippen molar-refractivity contribution < 1.29 is 9.18 Å². The number of hydrogen-bond donors (Lipinski definition) is 2. The van der Waals surface area contributed by atoms with E-state index in [0.29, 0.717) is 0 Å². The van der Waals surface area contributed by atoms with Crippen molar-refractivity contribution in [2.24, 2.45) is 0 Å². The number of anilines is 2. The molecule has 5 heteroatoms. The van der Waals surface area contributed by atoms with Gasteiger partial charge in [-0.2, -0.15) is 0 Å². The van der Waals surface area contributed by atoms with Gasteiger partial charge in [0, 0.05) is 24.3 Å². The second-order valence-corrected chi connectivity index (χ2v) is 5.21. The quantitative estimate of drug-likeness (QED) is 0.866. The second kappa shape index (κ2) is 6.59. The standard InChI is InChI=1S/C16H16ClFN2O/c1-10(12-6-7-16(18)15(17)8-12)19-13-4-3-5-14(9-13)20-11(2)21/h3-10,19H,1-2H3,(H,20,21). The van der Waals surface area contributed by atoms with Crippen LogP contribution in [0.2, 0.25) is 5.02 Å². The Bertz CT molecular complexity index is 660. The molecule has 0 heterocycles. The van der Waals surface area contributed by atoms with Crippen molar-refractivity contribution >= 4 is 28.9 Å². The molecule has 2 N–H and O–H groups in total. The highest BCUT2D eigenvalue weighted by Gasteiger charge is 2.08. The van der Waals surface area contributed by atoms with Crippen molar-refractivity contribution in [2.75, 3.05) is 10.6 Å². The Hall–Kier alpha value is -2.07. The maximum absolute atomic E-state index is 13.2. The summed E-state index contributed by atoms with van der Waals surface area (Å²) in [5, 5.41) is 6.12. The topological polar surface area (TPSA) is 41.1 Å². The number of rotatable bonds is 4. The first-order chi connectivity index (χ1) is 9.95. The number of hydrogen-bond acceptors (Lipinski definition) is 2. The van der Waals surface area contributed by atoms with Crippen molar-refractivity contribution in [3.8, 4) is 0 Å². The van der Waals surface area contributed by atoms with Gasteiger partial charge in [0.1, 0.15) is 5.82 Å². The molecular formula is C16H16ClFN2O. The highest BCUT2D eigenvalue weighted by Crippen LogP contribution is 2.25. The third-order valence-corrected chi connectivity index (χ3v) is 3.30. The molecule has 0 aliphatic carbocycles. The number of amides is 1. The lowest BCUT2D eigenvalue weighted by atomic mass is 10.1. The first kappa shape index (κ1) is 15.3. The lowest BCUT2D eigenvalue weighted by Crippen LogP contribution is -2.09. The summed E-state index contributed by atoms with van der Waals surface area (Å²) >= 11 is 5.79. The first-order valence-corrected chi connectivity index (χ1v) is 6.92. The average Bonchev–Trinajstić information content (AvgIpc) is 2.41. The second-order valence-electron chi connectivity index (χ2n) is 4.80. The molecule has 21 heavy (non-hydrogen) atoms. The first-order valence-electron chi connectivity index (χ1n) is 6.55. The molecule has 2 aromatic rings. The van der Waals surface area contributed by atoms with Gasteiger partial charge < -0.3 is 10.6 Å². The number of carbonyl (C=O) groups is 1. The van der Waals surface area contributed by atoms with Crippen molar-refractivity contribution in [2.45, 2.75) is 19.9 Å². The highest BCUT2D eigenvalue weighted by atomic mass is 35.5. The van der Waals surface area contributed by atoms with Gasteiger partial charge in [-0.1, -0.05) is 23.7 Å². The van der Waals surface area contributed by atoms with E-state index in [0.717, 1.165) is 16.9 Å². The fourth-order valence-corrected chi connectivity index (χ4v) is 2.19. The van der Waals surface area contributed by atoms with Crippen LogP contribution in [0.4, 0.5) is 15.8 Å². The molecule has 0 bridgehead atoms. The molecule has 2 aromatic carbocycles. The number of carbonyl (C=O) groups excluding carboxylic acids is 1. The number of halogens is 2. The average molecular weight is 307 g/mol. The maximum Gasteiger partial charge on any atom is 0.221 e. The van der Waals surface area contributed by atoms with Gasteiger partial charge in [-0.15, -0.1) is 0 Å². The van der Waals surface area contributed by atoms with E-state index in [4.69, 9.17) is 11.6 Å². The van der Waals surface area contributed by atoms with Crippen LogP contribution in [0.25, 0.3) is 0 Å². The van der Waals surface area contributed by atoms with Crippen LogP contribution in [0.15, 0.2) is 42.5 Å². The molecule has 0 saturated heterocycles. The van der Waals surface area contributed by atoms with E-state index in [-0.39, 0.29) is 17.0 Å². The minimum Gasteiger partial charge on any atom is -0.378 e. The predicted molar refractivity (Wildman–Crippen MR) is 84.2 cm³/mol. The fraction of sp³-hybridized carbons (Fsp3) is 0.188. The van der Waals surface area contributed by atoms with Gasteiger partial charge in [-0.05, 0) is 42.8 Å². The van der Waals surface area contributed by atoms with Gasteiger partial charge in [0.25, 0.3) is 0 Å². The summed E-state index contributed by atoms with van der Waals surface area (Å²) in [6, 6.07) is 12.0. The zero-order valence-electron chi connectivity index (χ0n) is 11.8. The maximum atomic E-state index is 13.2. The molecule has 2 rings (SSSR count). The minimum absolute atomic E-state index is 0.0457. The van der Waals surface area contributed by atoms with Gasteiger partial charge in [-0.25, -0.2) is 4.39 Å². The SMILES string of the molecule is CC(=O)Nc1cccc(NC(C)c2ccc(F)c(Cl)c2)c1. The third kappa shape index (κ3) is 4.20. The van der Waals surface area contributed by atoms with Crippen LogP contribution in [0.1, 0.15) is 25.5 Å². The van der Waals surface area contributed by atoms with Crippen molar-refractivity contribution in [1.29, 1.82) is 0 Å². The summed E-state index contributed by atoms with van der Waals surface area (Å²) in [5.74, 6) is -0.550. The predicted octanol–water partition coefficient (Wildman–Crippen LogP) is 4.61. The molecule has 0 aliphatic heterocycles. The molecule has 0 saturated carbocycles. The van der Waals surface area contributed by atoms with Crippen molar-refractivity contribution in [1.82, 2.24) is 0 Å². The molecular weight excluding hydrogens is 291 g/mol. The van der Waals surface area contributed by atoms with Crippen LogP contribution in [0, 0.1) is 5.82 Å². The van der Waals surface area contributed by atoms with Crippen molar-refractivity contribution in [3.63, 3.8) is 0 Å². The molecule has 0 fully saturated rings. The molecule has 0 aromatic heterocycles.